The number of nitrogen functional groups attached to an aromatic ring is 1. The fourth-order valence-corrected chi connectivity index (χ4v) is 2.74. The molecule has 0 spiro atoms. The van der Waals surface area contributed by atoms with Crippen molar-refractivity contribution in [1.29, 1.82) is 0 Å². The summed E-state index contributed by atoms with van der Waals surface area (Å²) in [7, 11) is 0. The number of hydrogen-bond donors (Lipinski definition) is 1. The van der Waals surface area contributed by atoms with Gasteiger partial charge in [-0.3, -0.25) is 0 Å². The molecule has 2 N–H and O–H groups in total. The van der Waals surface area contributed by atoms with Gasteiger partial charge in [0.2, 0.25) is 0 Å². The molecule has 1 heteroatoms. The van der Waals surface area contributed by atoms with Crippen LogP contribution < -0.4 is 5.73 Å². The standard InChI is InChI=1S/C15H23N/c1-15(2,3)14-10-12(16)9-11-7-5-4-6-8-13(11)14/h9-10H,4-8,16H2,1-3H3. The molecule has 16 heavy (non-hydrogen) atoms. The maximum Gasteiger partial charge on any atom is 0.0319 e. The normalized spacial score (nSPS) is 16.7. The number of rotatable bonds is 0. The molecule has 0 unspecified atom stereocenters. The lowest BCUT2D eigenvalue weighted by atomic mass is 9.80. The first-order chi connectivity index (χ1) is 7.48. The highest BCUT2D eigenvalue weighted by atomic mass is 14.5. The largest absolute Gasteiger partial charge is 0.399 e. The smallest absolute Gasteiger partial charge is 0.0319 e. The van der Waals surface area contributed by atoms with Crippen molar-refractivity contribution in [1.82, 2.24) is 0 Å². The van der Waals surface area contributed by atoms with Crippen molar-refractivity contribution in [2.24, 2.45) is 0 Å². The molecule has 1 aliphatic rings. The van der Waals surface area contributed by atoms with Gasteiger partial charge in [0.05, 0.1) is 0 Å². The van der Waals surface area contributed by atoms with Crippen molar-refractivity contribution in [3.8, 4) is 0 Å². The number of fused-ring (bicyclic) bond motifs is 1. The van der Waals surface area contributed by atoms with E-state index in [0.717, 1.165) is 5.69 Å². The van der Waals surface area contributed by atoms with Gasteiger partial charge >= 0.3 is 0 Å². The van der Waals surface area contributed by atoms with Gasteiger partial charge in [-0.05, 0) is 59.9 Å². The molecule has 0 bridgehead atoms. The Hall–Kier alpha value is -0.980. The summed E-state index contributed by atoms with van der Waals surface area (Å²) < 4.78 is 0. The van der Waals surface area contributed by atoms with Crippen molar-refractivity contribution >= 4 is 5.69 Å². The molecule has 1 aromatic carbocycles. The van der Waals surface area contributed by atoms with Crippen LogP contribution in [0.5, 0.6) is 0 Å². The maximum absolute atomic E-state index is 6.03. The van der Waals surface area contributed by atoms with Gasteiger partial charge in [0.25, 0.3) is 0 Å². The number of aryl methyl sites for hydroxylation is 1. The molecule has 1 aliphatic carbocycles. The Morgan fingerprint density at radius 1 is 1.00 bits per heavy atom. The van der Waals surface area contributed by atoms with Crippen LogP contribution in [0.3, 0.4) is 0 Å². The zero-order valence-corrected chi connectivity index (χ0v) is 10.8. The van der Waals surface area contributed by atoms with Gasteiger partial charge in [-0.15, -0.1) is 0 Å². The van der Waals surface area contributed by atoms with Gasteiger partial charge < -0.3 is 5.73 Å². The van der Waals surface area contributed by atoms with E-state index >= 15 is 0 Å². The van der Waals surface area contributed by atoms with Crippen LogP contribution in [0, 0.1) is 0 Å². The van der Waals surface area contributed by atoms with Crippen LogP contribution in [-0.2, 0) is 18.3 Å². The van der Waals surface area contributed by atoms with E-state index in [1.165, 1.54) is 43.2 Å². The third-order valence-corrected chi connectivity index (χ3v) is 3.55. The van der Waals surface area contributed by atoms with Gasteiger partial charge in [-0.2, -0.15) is 0 Å². The third-order valence-electron chi connectivity index (χ3n) is 3.55. The predicted molar refractivity (Wildman–Crippen MR) is 70.8 cm³/mol. The molecule has 0 saturated heterocycles. The van der Waals surface area contributed by atoms with Crippen molar-refractivity contribution < 1.29 is 0 Å². The first-order valence-corrected chi connectivity index (χ1v) is 6.40. The van der Waals surface area contributed by atoms with E-state index in [9.17, 15) is 0 Å². The summed E-state index contributed by atoms with van der Waals surface area (Å²) in [6.07, 6.45) is 6.46. The average Bonchev–Trinajstić information content (AvgIpc) is 2.39. The zero-order valence-electron chi connectivity index (χ0n) is 10.8. The molecule has 0 amide bonds. The SMILES string of the molecule is CC(C)(C)c1cc(N)cc2c1CCCCC2. The van der Waals surface area contributed by atoms with E-state index in [4.69, 9.17) is 5.73 Å². The van der Waals surface area contributed by atoms with Gasteiger partial charge in [-0.25, -0.2) is 0 Å². The first-order valence-electron chi connectivity index (χ1n) is 6.40. The molecular formula is C15H23N. The molecular weight excluding hydrogens is 194 g/mol. The number of nitrogens with two attached hydrogens (primary N) is 1. The molecule has 1 nitrogen and oxygen atoms in total. The van der Waals surface area contributed by atoms with Crippen LogP contribution in [-0.4, -0.2) is 0 Å². The Morgan fingerprint density at radius 3 is 2.38 bits per heavy atom. The van der Waals surface area contributed by atoms with Gasteiger partial charge in [-0.1, -0.05) is 27.2 Å². The molecule has 2 rings (SSSR count). The van der Waals surface area contributed by atoms with E-state index in [2.05, 4.69) is 32.9 Å². The van der Waals surface area contributed by atoms with E-state index in [1.54, 1.807) is 5.56 Å². The summed E-state index contributed by atoms with van der Waals surface area (Å²) in [5.41, 5.74) is 11.7. The summed E-state index contributed by atoms with van der Waals surface area (Å²) in [6.45, 7) is 6.85. The molecule has 0 saturated carbocycles. The van der Waals surface area contributed by atoms with Gasteiger partial charge in [0.1, 0.15) is 0 Å². The molecule has 0 aliphatic heterocycles. The van der Waals surface area contributed by atoms with E-state index in [1.807, 2.05) is 0 Å². The van der Waals surface area contributed by atoms with Crippen molar-refractivity contribution in [3.63, 3.8) is 0 Å². The summed E-state index contributed by atoms with van der Waals surface area (Å²) in [6, 6.07) is 4.38. The summed E-state index contributed by atoms with van der Waals surface area (Å²) >= 11 is 0. The minimum atomic E-state index is 0.212. The maximum atomic E-state index is 6.03. The highest BCUT2D eigenvalue weighted by Crippen LogP contribution is 2.33. The van der Waals surface area contributed by atoms with Crippen LogP contribution in [0.1, 0.15) is 56.7 Å². The van der Waals surface area contributed by atoms with E-state index < -0.39 is 0 Å². The lowest BCUT2D eigenvalue weighted by Crippen LogP contribution is -2.16. The second-order valence-electron chi connectivity index (χ2n) is 6.02. The minimum absolute atomic E-state index is 0.212. The predicted octanol–water partition coefficient (Wildman–Crippen LogP) is 3.84. The molecule has 0 aromatic heterocycles. The zero-order chi connectivity index (χ0) is 11.8. The average molecular weight is 217 g/mol. The summed E-state index contributed by atoms with van der Waals surface area (Å²) in [4.78, 5) is 0. The van der Waals surface area contributed by atoms with Crippen molar-refractivity contribution in [2.75, 3.05) is 5.73 Å². The van der Waals surface area contributed by atoms with Crippen molar-refractivity contribution in [3.05, 3.63) is 28.8 Å². The van der Waals surface area contributed by atoms with Crippen LogP contribution in [0.2, 0.25) is 0 Å². The van der Waals surface area contributed by atoms with Crippen molar-refractivity contribution in [2.45, 2.75) is 58.3 Å². The van der Waals surface area contributed by atoms with Crippen LogP contribution in [0.15, 0.2) is 12.1 Å². The topological polar surface area (TPSA) is 26.0 Å². The quantitative estimate of drug-likeness (QED) is 0.518. The highest BCUT2D eigenvalue weighted by molar-refractivity contribution is 5.52. The number of anilines is 1. The third kappa shape index (κ3) is 2.23. The fourth-order valence-electron chi connectivity index (χ4n) is 2.74. The monoisotopic (exact) mass is 217 g/mol. The lowest BCUT2D eigenvalue weighted by Gasteiger charge is -2.25. The molecule has 88 valence electrons. The molecule has 0 heterocycles. The Balaban J connectivity index is 2.55. The molecule has 0 fully saturated rings. The van der Waals surface area contributed by atoms with E-state index in [-0.39, 0.29) is 5.41 Å². The Morgan fingerprint density at radius 2 is 1.69 bits per heavy atom. The van der Waals surface area contributed by atoms with Crippen LogP contribution in [0.4, 0.5) is 5.69 Å². The second-order valence-corrected chi connectivity index (χ2v) is 6.02. The van der Waals surface area contributed by atoms with Crippen LogP contribution >= 0.6 is 0 Å². The fraction of sp³-hybridized carbons (Fsp3) is 0.600. The second kappa shape index (κ2) is 4.12. The molecule has 0 radical (unpaired) electrons. The molecule has 1 aromatic rings. The summed E-state index contributed by atoms with van der Waals surface area (Å²) in [5.74, 6) is 0. The van der Waals surface area contributed by atoms with Gasteiger partial charge in [0, 0.05) is 5.69 Å². The Bertz CT molecular complexity index is 385. The van der Waals surface area contributed by atoms with Crippen LogP contribution in [0.25, 0.3) is 0 Å². The Labute approximate surface area is 99.0 Å². The van der Waals surface area contributed by atoms with E-state index in [0.29, 0.717) is 0 Å². The highest BCUT2D eigenvalue weighted by Gasteiger charge is 2.21. The number of hydrogen-bond acceptors (Lipinski definition) is 1. The first kappa shape index (κ1) is 11.5. The minimum Gasteiger partial charge on any atom is -0.399 e. The van der Waals surface area contributed by atoms with Gasteiger partial charge in [0.15, 0.2) is 0 Å². The number of benzene rings is 1. The Kier molecular flexibility index (Phi) is 2.96. The summed E-state index contributed by atoms with van der Waals surface area (Å²) in [5, 5.41) is 0. The molecule has 0 atom stereocenters. The lowest BCUT2D eigenvalue weighted by molar-refractivity contribution is 0.580.